The highest BCUT2D eigenvalue weighted by atomic mass is 16.6. The quantitative estimate of drug-likeness (QED) is 0.932. The van der Waals surface area contributed by atoms with Gasteiger partial charge in [-0.15, -0.1) is 0 Å². The van der Waals surface area contributed by atoms with Gasteiger partial charge >= 0.3 is 6.09 Å². The smallest absolute Gasteiger partial charge is 0.410 e. The number of carbonyl (C=O) groups excluding carboxylic acids is 1. The number of nitrogens with zero attached hydrogens (tertiary/aromatic N) is 2. The number of likely N-dealkylation sites (tertiary alicyclic amines) is 1. The molecule has 5 nitrogen and oxygen atoms in total. The summed E-state index contributed by atoms with van der Waals surface area (Å²) in [5.74, 6) is 0. The average molecular weight is 293 g/mol. The highest BCUT2D eigenvalue weighted by Crippen LogP contribution is 2.25. The van der Waals surface area contributed by atoms with E-state index in [2.05, 4.69) is 29.9 Å². The summed E-state index contributed by atoms with van der Waals surface area (Å²) in [5, 5.41) is 0. The van der Waals surface area contributed by atoms with Gasteiger partial charge in [-0.3, -0.25) is 4.90 Å². The highest BCUT2D eigenvalue weighted by molar-refractivity contribution is 5.68. The number of nitrogens with one attached hydrogen (secondary N) is 1. The van der Waals surface area contributed by atoms with Crippen molar-refractivity contribution in [3.05, 3.63) is 24.0 Å². The van der Waals surface area contributed by atoms with E-state index in [0.717, 1.165) is 19.5 Å². The van der Waals surface area contributed by atoms with Crippen LogP contribution in [-0.2, 0) is 4.74 Å². The Labute approximate surface area is 127 Å². The number of carbonyl (C=O) groups is 1. The van der Waals surface area contributed by atoms with Gasteiger partial charge in [-0.25, -0.2) is 4.79 Å². The van der Waals surface area contributed by atoms with E-state index >= 15 is 0 Å². The maximum atomic E-state index is 12.1. The van der Waals surface area contributed by atoms with Crippen molar-refractivity contribution in [1.29, 1.82) is 0 Å². The zero-order chi connectivity index (χ0) is 15.6. The molecule has 0 saturated carbocycles. The fourth-order valence-corrected chi connectivity index (χ4v) is 2.71. The molecule has 1 N–H and O–H groups in total. The minimum atomic E-state index is -0.432. The van der Waals surface area contributed by atoms with Crippen molar-refractivity contribution in [3.63, 3.8) is 0 Å². The SMILES string of the molecule is C[C@@H](c1ccc[nH]1)N(C)[C@H]1CCN(C(=O)OC(C)(C)C)C1. The first kappa shape index (κ1) is 15.9. The Bertz CT molecular complexity index is 464. The van der Waals surface area contributed by atoms with E-state index < -0.39 is 5.60 Å². The molecule has 0 unspecified atom stereocenters. The predicted molar refractivity (Wildman–Crippen MR) is 83.2 cm³/mol. The topological polar surface area (TPSA) is 48.6 Å². The maximum Gasteiger partial charge on any atom is 0.410 e. The number of hydrogen-bond acceptors (Lipinski definition) is 3. The normalized spacial score (nSPS) is 20.9. The first-order valence-electron chi connectivity index (χ1n) is 7.61. The van der Waals surface area contributed by atoms with E-state index in [9.17, 15) is 4.79 Å². The first-order valence-corrected chi connectivity index (χ1v) is 7.61. The second kappa shape index (κ2) is 6.10. The van der Waals surface area contributed by atoms with Gasteiger partial charge in [-0.1, -0.05) is 0 Å². The van der Waals surface area contributed by atoms with E-state index in [1.807, 2.05) is 37.9 Å². The van der Waals surface area contributed by atoms with Gasteiger partial charge in [0.2, 0.25) is 0 Å². The summed E-state index contributed by atoms with van der Waals surface area (Å²) in [6.07, 6.45) is 2.73. The largest absolute Gasteiger partial charge is 0.444 e. The summed E-state index contributed by atoms with van der Waals surface area (Å²) in [7, 11) is 2.12. The molecule has 2 rings (SSSR count). The van der Waals surface area contributed by atoms with Crippen LogP contribution in [0.15, 0.2) is 18.3 Å². The Hall–Kier alpha value is -1.49. The lowest BCUT2D eigenvalue weighted by molar-refractivity contribution is 0.0278. The number of aromatic amines is 1. The van der Waals surface area contributed by atoms with E-state index in [4.69, 9.17) is 4.74 Å². The van der Waals surface area contributed by atoms with Crippen molar-refractivity contribution in [2.45, 2.75) is 51.8 Å². The van der Waals surface area contributed by atoms with Crippen LogP contribution in [0.3, 0.4) is 0 Å². The fourth-order valence-electron chi connectivity index (χ4n) is 2.71. The Morgan fingerprint density at radius 2 is 2.24 bits per heavy atom. The lowest BCUT2D eigenvalue weighted by Crippen LogP contribution is -2.39. The third kappa shape index (κ3) is 4.00. The molecule has 0 aromatic carbocycles. The van der Waals surface area contributed by atoms with Crippen molar-refractivity contribution in [3.8, 4) is 0 Å². The first-order chi connectivity index (χ1) is 9.78. The van der Waals surface area contributed by atoms with Gasteiger partial charge in [0.25, 0.3) is 0 Å². The Morgan fingerprint density at radius 3 is 2.81 bits per heavy atom. The van der Waals surface area contributed by atoms with Crippen LogP contribution in [0.5, 0.6) is 0 Å². The molecule has 21 heavy (non-hydrogen) atoms. The summed E-state index contributed by atoms with van der Waals surface area (Å²) in [6, 6.07) is 4.79. The Kier molecular flexibility index (Phi) is 4.61. The molecule has 2 atom stereocenters. The molecule has 5 heteroatoms. The monoisotopic (exact) mass is 293 g/mol. The van der Waals surface area contributed by atoms with Crippen LogP contribution in [0.1, 0.15) is 45.9 Å². The van der Waals surface area contributed by atoms with Gasteiger partial charge in [0.05, 0.1) is 0 Å². The lowest BCUT2D eigenvalue weighted by Gasteiger charge is -2.30. The number of H-pyrrole nitrogens is 1. The number of hydrogen-bond donors (Lipinski definition) is 1. The molecule has 1 aliphatic rings. The van der Waals surface area contributed by atoms with Crippen LogP contribution in [-0.4, -0.2) is 52.7 Å². The van der Waals surface area contributed by atoms with Gasteiger partial charge < -0.3 is 14.6 Å². The zero-order valence-electron chi connectivity index (χ0n) is 13.7. The third-order valence-corrected chi connectivity index (χ3v) is 4.07. The van der Waals surface area contributed by atoms with Crippen LogP contribution in [0.2, 0.25) is 0 Å². The molecule has 1 aromatic rings. The van der Waals surface area contributed by atoms with Gasteiger partial charge in [-0.2, -0.15) is 0 Å². The zero-order valence-corrected chi connectivity index (χ0v) is 13.7. The molecule has 0 radical (unpaired) electrons. The molecule has 1 fully saturated rings. The number of ether oxygens (including phenoxy) is 1. The molecule has 1 saturated heterocycles. The van der Waals surface area contributed by atoms with Gasteiger partial charge in [-0.05, 0) is 53.3 Å². The third-order valence-electron chi connectivity index (χ3n) is 4.07. The van der Waals surface area contributed by atoms with Crippen molar-refractivity contribution >= 4 is 6.09 Å². The molecule has 0 bridgehead atoms. The molecule has 1 aliphatic heterocycles. The second-order valence-electron chi connectivity index (χ2n) is 6.84. The van der Waals surface area contributed by atoms with Crippen LogP contribution >= 0.6 is 0 Å². The highest BCUT2D eigenvalue weighted by Gasteiger charge is 2.33. The van der Waals surface area contributed by atoms with Gasteiger partial charge in [0, 0.05) is 37.1 Å². The molecular formula is C16H27N3O2. The Balaban J connectivity index is 1.91. The summed E-state index contributed by atoms with van der Waals surface area (Å²) >= 11 is 0. The molecule has 118 valence electrons. The fraction of sp³-hybridized carbons (Fsp3) is 0.688. The molecule has 1 aromatic heterocycles. The summed E-state index contributed by atoms with van der Waals surface area (Å²) in [4.78, 5) is 19.5. The van der Waals surface area contributed by atoms with E-state index in [-0.39, 0.29) is 6.09 Å². The van der Waals surface area contributed by atoms with Crippen LogP contribution in [0.4, 0.5) is 4.79 Å². The molecule has 0 spiro atoms. The van der Waals surface area contributed by atoms with Gasteiger partial charge in [0.15, 0.2) is 0 Å². The van der Waals surface area contributed by atoms with Crippen molar-refractivity contribution in [1.82, 2.24) is 14.8 Å². The molecular weight excluding hydrogens is 266 g/mol. The standard InChI is InChI=1S/C16H27N3O2/c1-12(14-7-6-9-17-14)18(5)13-8-10-19(11-13)15(20)21-16(2,3)4/h6-7,9,12-13,17H,8,10-11H2,1-5H3/t12-,13-/m0/s1. The number of likely N-dealkylation sites (N-methyl/N-ethyl adjacent to an activating group) is 1. The lowest BCUT2D eigenvalue weighted by atomic mass is 10.1. The minimum absolute atomic E-state index is 0.203. The Morgan fingerprint density at radius 1 is 1.52 bits per heavy atom. The maximum absolute atomic E-state index is 12.1. The van der Waals surface area contributed by atoms with Crippen molar-refractivity contribution < 1.29 is 9.53 Å². The number of amides is 1. The molecule has 1 amide bonds. The van der Waals surface area contributed by atoms with Crippen molar-refractivity contribution in [2.75, 3.05) is 20.1 Å². The summed E-state index contributed by atoms with van der Waals surface area (Å²) in [5.41, 5.74) is 0.770. The van der Waals surface area contributed by atoms with E-state index in [1.165, 1.54) is 5.69 Å². The van der Waals surface area contributed by atoms with Crippen LogP contribution in [0.25, 0.3) is 0 Å². The number of aromatic nitrogens is 1. The van der Waals surface area contributed by atoms with Crippen LogP contribution < -0.4 is 0 Å². The van der Waals surface area contributed by atoms with Crippen molar-refractivity contribution in [2.24, 2.45) is 0 Å². The second-order valence-corrected chi connectivity index (χ2v) is 6.84. The van der Waals surface area contributed by atoms with Crippen LogP contribution in [0, 0.1) is 0 Å². The molecule has 2 heterocycles. The number of rotatable bonds is 3. The summed E-state index contributed by atoms with van der Waals surface area (Å²) < 4.78 is 5.44. The van der Waals surface area contributed by atoms with Gasteiger partial charge in [0.1, 0.15) is 5.60 Å². The predicted octanol–water partition coefficient (Wildman–Crippen LogP) is 3.02. The van der Waals surface area contributed by atoms with E-state index in [1.54, 1.807) is 0 Å². The average Bonchev–Trinajstić information content (AvgIpc) is 3.06. The molecule has 0 aliphatic carbocycles. The minimum Gasteiger partial charge on any atom is -0.444 e. The van der Waals surface area contributed by atoms with E-state index in [0.29, 0.717) is 12.1 Å². The summed E-state index contributed by atoms with van der Waals surface area (Å²) in [6.45, 7) is 9.38.